The highest BCUT2D eigenvalue weighted by atomic mass is 19.3. The molecule has 1 aliphatic heterocycles. The third-order valence-corrected chi connectivity index (χ3v) is 4.22. The average Bonchev–Trinajstić information content (AvgIpc) is 2.30. The molecular weight excluding hydrogens is 224 g/mol. The highest BCUT2D eigenvalue weighted by Crippen LogP contribution is 2.40. The van der Waals surface area contributed by atoms with E-state index in [-0.39, 0.29) is 24.8 Å². The molecule has 2 aliphatic rings. The molecule has 17 heavy (non-hydrogen) atoms. The molecule has 1 aliphatic carbocycles. The number of hydrogen-bond acceptors (Lipinski definition) is 2. The van der Waals surface area contributed by atoms with Crippen LogP contribution in [0.25, 0.3) is 0 Å². The smallest absolute Gasteiger partial charge is 0.248 e. The summed E-state index contributed by atoms with van der Waals surface area (Å²) >= 11 is 0. The Hall–Kier alpha value is -0.220. The number of halogens is 2. The lowest BCUT2D eigenvalue weighted by Gasteiger charge is -2.39. The highest BCUT2D eigenvalue weighted by molar-refractivity contribution is 4.89. The van der Waals surface area contributed by atoms with Gasteiger partial charge >= 0.3 is 0 Å². The summed E-state index contributed by atoms with van der Waals surface area (Å²) < 4.78 is 32.4. The molecule has 3 atom stereocenters. The normalized spacial score (nSPS) is 35.5. The Morgan fingerprint density at radius 3 is 2.59 bits per heavy atom. The number of rotatable bonds is 3. The van der Waals surface area contributed by atoms with E-state index < -0.39 is 5.92 Å². The molecule has 0 amide bonds. The lowest BCUT2D eigenvalue weighted by molar-refractivity contribution is -0.0673. The highest BCUT2D eigenvalue weighted by Gasteiger charge is 2.41. The predicted molar refractivity (Wildman–Crippen MR) is 63.3 cm³/mol. The Morgan fingerprint density at radius 2 is 2.00 bits per heavy atom. The Labute approximate surface area is 102 Å². The van der Waals surface area contributed by atoms with Gasteiger partial charge in [0.1, 0.15) is 0 Å². The maximum Gasteiger partial charge on any atom is 0.248 e. The van der Waals surface area contributed by atoms with Crippen LogP contribution in [0, 0.1) is 11.8 Å². The Kier molecular flexibility index (Phi) is 4.36. The summed E-state index contributed by atoms with van der Waals surface area (Å²) in [5.41, 5.74) is 0. The first-order valence-corrected chi connectivity index (χ1v) is 6.75. The molecule has 1 saturated carbocycles. The largest absolute Gasteiger partial charge is 0.381 e. The number of ether oxygens (including phenoxy) is 1. The second-order valence-electron chi connectivity index (χ2n) is 5.50. The van der Waals surface area contributed by atoms with Crippen LogP contribution in [0.1, 0.15) is 38.5 Å². The molecule has 100 valence electrons. The third kappa shape index (κ3) is 3.38. The second kappa shape index (κ2) is 5.61. The van der Waals surface area contributed by atoms with Crippen molar-refractivity contribution in [1.82, 2.24) is 5.32 Å². The Morgan fingerprint density at radius 1 is 1.24 bits per heavy atom. The zero-order valence-electron chi connectivity index (χ0n) is 10.6. The molecular formula is C13H23F2NO. The van der Waals surface area contributed by atoms with Gasteiger partial charge in [0.05, 0.1) is 6.61 Å². The van der Waals surface area contributed by atoms with Crippen LogP contribution >= 0.6 is 0 Å². The van der Waals surface area contributed by atoms with Gasteiger partial charge in [-0.3, -0.25) is 0 Å². The summed E-state index contributed by atoms with van der Waals surface area (Å²) in [6.07, 6.45) is 3.87. The van der Waals surface area contributed by atoms with Gasteiger partial charge in [-0.2, -0.15) is 0 Å². The number of hydrogen-bond donors (Lipinski definition) is 1. The molecule has 1 N–H and O–H groups in total. The van der Waals surface area contributed by atoms with Crippen LogP contribution in [0.15, 0.2) is 0 Å². The minimum atomic E-state index is -2.45. The maximum atomic E-state index is 13.5. The zero-order chi connectivity index (χ0) is 12.3. The fraction of sp³-hybridized carbons (Fsp3) is 1.00. The van der Waals surface area contributed by atoms with Crippen LogP contribution < -0.4 is 5.32 Å². The number of nitrogens with one attached hydrogen (secondary N) is 1. The van der Waals surface area contributed by atoms with Crippen molar-refractivity contribution in [3.8, 4) is 0 Å². The first kappa shape index (κ1) is 13.2. The minimum Gasteiger partial charge on any atom is -0.381 e. The monoisotopic (exact) mass is 247 g/mol. The maximum absolute atomic E-state index is 13.5. The van der Waals surface area contributed by atoms with Crippen molar-refractivity contribution in [2.45, 2.75) is 50.5 Å². The van der Waals surface area contributed by atoms with Gasteiger partial charge in [0.15, 0.2) is 0 Å². The molecule has 2 nitrogen and oxygen atoms in total. The standard InChI is InChI=1S/C13H23F2NO/c1-16-12(11-5-3-7-17-9-11)10-4-2-6-13(14,15)8-10/h10-12,16H,2-9H2,1H3. The second-order valence-corrected chi connectivity index (χ2v) is 5.50. The number of alkyl halides is 2. The molecule has 0 spiro atoms. The lowest BCUT2D eigenvalue weighted by Crippen LogP contribution is -2.46. The molecule has 1 heterocycles. The molecule has 0 radical (unpaired) electrons. The van der Waals surface area contributed by atoms with Gasteiger partial charge in [-0.25, -0.2) is 8.78 Å². The Balaban J connectivity index is 1.96. The SMILES string of the molecule is CNC(C1CCCOC1)C1CCCC(F)(F)C1. The third-order valence-electron chi connectivity index (χ3n) is 4.22. The quantitative estimate of drug-likeness (QED) is 0.828. The fourth-order valence-electron chi connectivity index (χ4n) is 3.42. The van der Waals surface area contributed by atoms with E-state index >= 15 is 0 Å². The van der Waals surface area contributed by atoms with Crippen molar-refractivity contribution in [2.24, 2.45) is 11.8 Å². The van der Waals surface area contributed by atoms with Crippen molar-refractivity contribution in [2.75, 3.05) is 20.3 Å². The summed E-state index contributed by atoms with van der Waals surface area (Å²) in [6.45, 7) is 1.56. The molecule has 3 unspecified atom stereocenters. The molecule has 0 aromatic heterocycles. The summed E-state index contributed by atoms with van der Waals surface area (Å²) in [5.74, 6) is -1.93. The lowest BCUT2D eigenvalue weighted by atomic mass is 9.76. The molecule has 2 rings (SSSR count). The van der Waals surface area contributed by atoms with E-state index in [0.717, 1.165) is 32.5 Å². The van der Waals surface area contributed by atoms with Gasteiger partial charge in [0.25, 0.3) is 0 Å². The first-order chi connectivity index (χ1) is 8.12. The minimum absolute atomic E-state index is 0.0506. The van der Waals surface area contributed by atoms with Crippen LogP contribution in [0.3, 0.4) is 0 Å². The van der Waals surface area contributed by atoms with Crippen LogP contribution in [-0.2, 0) is 4.74 Å². The Bertz CT molecular complexity index is 242. The van der Waals surface area contributed by atoms with Gasteiger partial charge in [-0.05, 0) is 44.6 Å². The van der Waals surface area contributed by atoms with Gasteiger partial charge in [0.2, 0.25) is 5.92 Å². The summed E-state index contributed by atoms with van der Waals surface area (Å²) in [5, 5.41) is 3.27. The van der Waals surface area contributed by atoms with Crippen molar-refractivity contribution in [3.63, 3.8) is 0 Å². The fourth-order valence-corrected chi connectivity index (χ4v) is 3.42. The van der Waals surface area contributed by atoms with E-state index in [2.05, 4.69) is 5.32 Å². The predicted octanol–water partition coefficient (Wildman–Crippen LogP) is 2.83. The van der Waals surface area contributed by atoms with Crippen molar-refractivity contribution in [1.29, 1.82) is 0 Å². The van der Waals surface area contributed by atoms with E-state index in [1.807, 2.05) is 7.05 Å². The van der Waals surface area contributed by atoms with Crippen molar-refractivity contribution >= 4 is 0 Å². The van der Waals surface area contributed by atoms with Crippen molar-refractivity contribution in [3.05, 3.63) is 0 Å². The van der Waals surface area contributed by atoms with Gasteiger partial charge in [-0.15, -0.1) is 0 Å². The molecule has 0 bridgehead atoms. The van der Waals surface area contributed by atoms with Crippen molar-refractivity contribution < 1.29 is 13.5 Å². The van der Waals surface area contributed by atoms with E-state index in [1.165, 1.54) is 0 Å². The van der Waals surface area contributed by atoms with Crippen LogP contribution in [0.2, 0.25) is 0 Å². The molecule has 1 saturated heterocycles. The zero-order valence-corrected chi connectivity index (χ0v) is 10.6. The van der Waals surface area contributed by atoms with Gasteiger partial charge in [0, 0.05) is 25.5 Å². The van der Waals surface area contributed by atoms with Crippen LogP contribution in [-0.4, -0.2) is 32.2 Å². The summed E-state index contributed by atoms with van der Waals surface area (Å²) in [7, 11) is 1.89. The van der Waals surface area contributed by atoms with E-state index in [1.54, 1.807) is 0 Å². The van der Waals surface area contributed by atoms with Crippen LogP contribution in [0.5, 0.6) is 0 Å². The molecule has 2 fully saturated rings. The van der Waals surface area contributed by atoms with E-state index in [0.29, 0.717) is 12.3 Å². The van der Waals surface area contributed by atoms with Gasteiger partial charge < -0.3 is 10.1 Å². The van der Waals surface area contributed by atoms with E-state index in [4.69, 9.17) is 4.74 Å². The molecule has 0 aromatic carbocycles. The first-order valence-electron chi connectivity index (χ1n) is 6.75. The molecule has 4 heteroatoms. The molecule has 0 aromatic rings. The summed E-state index contributed by atoms with van der Waals surface area (Å²) in [6, 6.07) is 0.196. The average molecular weight is 247 g/mol. The van der Waals surface area contributed by atoms with E-state index in [9.17, 15) is 8.78 Å². The van der Waals surface area contributed by atoms with Gasteiger partial charge in [-0.1, -0.05) is 0 Å². The van der Waals surface area contributed by atoms with Crippen LogP contribution in [0.4, 0.5) is 8.78 Å². The summed E-state index contributed by atoms with van der Waals surface area (Å²) in [4.78, 5) is 0. The topological polar surface area (TPSA) is 21.3 Å².